The van der Waals surface area contributed by atoms with Crippen LogP contribution in [-0.2, 0) is 11.8 Å². The molecule has 126 valence electrons. The maximum atomic E-state index is 12.8. The lowest BCUT2D eigenvalue weighted by atomic mass is 10.0. The first-order chi connectivity index (χ1) is 11.5. The molecule has 6 heteroatoms. The molecule has 2 heterocycles. The van der Waals surface area contributed by atoms with Gasteiger partial charge in [-0.05, 0) is 30.7 Å². The Balaban J connectivity index is 1.84. The van der Waals surface area contributed by atoms with E-state index in [1.165, 1.54) is 10.6 Å². The van der Waals surface area contributed by atoms with Crippen LogP contribution in [0.1, 0.15) is 28.9 Å². The first-order valence-corrected chi connectivity index (χ1v) is 8.18. The Labute approximate surface area is 145 Å². The highest BCUT2D eigenvalue weighted by Crippen LogP contribution is 2.27. The van der Waals surface area contributed by atoms with Gasteiger partial charge in [0.25, 0.3) is 11.5 Å². The van der Waals surface area contributed by atoms with Crippen molar-refractivity contribution in [2.24, 2.45) is 7.05 Å². The van der Waals surface area contributed by atoms with Gasteiger partial charge in [0, 0.05) is 29.9 Å². The molecule has 0 bridgehead atoms. The van der Waals surface area contributed by atoms with Crippen LogP contribution in [0.4, 0.5) is 0 Å². The van der Waals surface area contributed by atoms with E-state index in [9.17, 15) is 9.59 Å². The summed E-state index contributed by atoms with van der Waals surface area (Å²) in [7, 11) is 1.66. The van der Waals surface area contributed by atoms with Gasteiger partial charge in [0.2, 0.25) is 0 Å². The number of amides is 1. The third-order valence-electron chi connectivity index (χ3n) is 4.27. The molecular formula is C18H19ClN2O3. The third kappa shape index (κ3) is 3.37. The lowest BCUT2D eigenvalue weighted by molar-refractivity contribution is -0.0486. The van der Waals surface area contributed by atoms with E-state index >= 15 is 0 Å². The molecule has 1 aromatic carbocycles. The van der Waals surface area contributed by atoms with E-state index in [1.807, 2.05) is 25.1 Å². The second-order valence-electron chi connectivity index (χ2n) is 6.05. The number of morpholine rings is 1. The topological polar surface area (TPSA) is 51.5 Å². The Morgan fingerprint density at radius 2 is 2.08 bits per heavy atom. The highest BCUT2D eigenvalue weighted by atomic mass is 35.5. The molecule has 1 aromatic heterocycles. The van der Waals surface area contributed by atoms with Gasteiger partial charge >= 0.3 is 0 Å². The zero-order valence-corrected chi connectivity index (χ0v) is 14.4. The number of rotatable bonds is 2. The van der Waals surface area contributed by atoms with E-state index in [1.54, 1.807) is 30.3 Å². The molecule has 1 aliphatic heterocycles. The predicted octanol–water partition coefficient (Wildman–Crippen LogP) is 2.64. The largest absolute Gasteiger partial charge is 0.370 e. The van der Waals surface area contributed by atoms with Gasteiger partial charge < -0.3 is 14.2 Å². The second kappa shape index (κ2) is 6.79. The Morgan fingerprint density at radius 3 is 2.79 bits per heavy atom. The van der Waals surface area contributed by atoms with Gasteiger partial charge in [0.05, 0.1) is 19.2 Å². The summed E-state index contributed by atoms with van der Waals surface area (Å²) >= 11 is 6.05. The molecule has 1 fully saturated rings. The number of nitrogens with zero attached hydrogens (tertiary/aromatic N) is 2. The Bertz CT molecular complexity index is 818. The first-order valence-electron chi connectivity index (χ1n) is 7.80. The highest BCUT2D eigenvalue weighted by molar-refractivity contribution is 6.30. The minimum atomic E-state index is -0.226. The smallest absolute Gasteiger partial charge is 0.254 e. The monoisotopic (exact) mass is 346 g/mol. The minimum Gasteiger partial charge on any atom is -0.370 e. The van der Waals surface area contributed by atoms with E-state index in [4.69, 9.17) is 16.3 Å². The normalized spacial score (nSPS) is 20.9. The maximum Gasteiger partial charge on any atom is 0.254 e. The van der Waals surface area contributed by atoms with Crippen LogP contribution in [0, 0.1) is 0 Å². The third-order valence-corrected chi connectivity index (χ3v) is 4.50. The summed E-state index contributed by atoms with van der Waals surface area (Å²) in [6.45, 7) is 2.80. The van der Waals surface area contributed by atoms with Crippen LogP contribution in [0.3, 0.4) is 0 Å². The lowest BCUT2D eigenvalue weighted by Crippen LogP contribution is -2.48. The summed E-state index contributed by atoms with van der Waals surface area (Å²) in [6, 6.07) is 10.4. The maximum absolute atomic E-state index is 12.8. The minimum absolute atomic E-state index is 0.0583. The van der Waals surface area contributed by atoms with Crippen molar-refractivity contribution in [2.45, 2.75) is 19.1 Å². The quantitative estimate of drug-likeness (QED) is 0.840. The molecule has 0 saturated carbocycles. The zero-order valence-electron chi connectivity index (χ0n) is 13.6. The summed E-state index contributed by atoms with van der Waals surface area (Å²) in [5, 5.41) is 0.638. The molecular weight excluding hydrogens is 328 g/mol. The molecule has 0 radical (unpaired) electrons. The van der Waals surface area contributed by atoms with Crippen molar-refractivity contribution in [3.8, 4) is 0 Å². The van der Waals surface area contributed by atoms with Crippen LogP contribution in [0.2, 0.25) is 5.02 Å². The molecule has 24 heavy (non-hydrogen) atoms. The number of carbonyl (C=O) groups excluding carboxylic acids is 1. The van der Waals surface area contributed by atoms with Crippen molar-refractivity contribution in [3.05, 3.63) is 69.1 Å². The van der Waals surface area contributed by atoms with Crippen LogP contribution in [0.25, 0.3) is 0 Å². The molecule has 2 aromatic rings. The molecule has 0 aliphatic carbocycles. The van der Waals surface area contributed by atoms with Crippen molar-refractivity contribution < 1.29 is 9.53 Å². The van der Waals surface area contributed by atoms with Gasteiger partial charge in [-0.3, -0.25) is 9.59 Å². The summed E-state index contributed by atoms with van der Waals surface area (Å²) < 4.78 is 7.31. The number of aromatic nitrogens is 1. The number of hydrogen-bond acceptors (Lipinski definition) is 3. The van der Waals surface area contributed by atoms with Crippen molar-refractivity contribution >= 4 is 17.5 Å². The molecule has 2 atom stereocenters. The number of hydrogen-bond donors (Lipinski definition) is 0. The van der Waals surface area contributed by atoms with E-state index in [-0.39, 0.29) is 23.6 Å². The van der Waals surface area contributed by atoms with Crippen molar-refractivity contribution in [1.82, 2.24) is 9.47 Å². The second-order valence-corrected chi connectivity index (χ2v) is 6.48. The SMILES string of the molecule is C[C@H]1CO[C@@H](c2cccc(Cl)c2)CN1C(=O)c1ccn(C)c(=O)c1. The zero-order chi connectivity index (χ0) is 17.3. The van der Waals surface area contributed by atoms with Crippen LogP contribution in [-0.4, -0.2) is 34.6 Å². The van der Waals surface area contributed by atoms with Crippen LogP contribution < -0.4 is 5.56 Å². The Hall–Kier alpha value is -2.11. The molecule has 0 unspecified atom stereocenters. The lowest BCUT2D eigenvalue weighted by Gasteiger charge is -2.38. The van der Waals surface area contributed by atoms with Crippen molar-refractivity contribution in [1.29, 1.82) is 0 Å². The van der Waals surface area contributed by atoms with Gasteiger partial charge in [0.1, 0.15) is 6.10 Å². The van der Waals surface area contributed by atoms with Gasteiger partial charge in [-0.25, -0.2) is 0 Å². The molecule has 5 nitrogen and oxygen atoms in total. The fourth-order valence-electron chi connectivity index (χ4n) is 2.80. The number of aryl methyl sites for hydroxylation is 1. The van der Waals surface area contributed by atoms with Gasteiger partial charge in [-0.15, -0.1) is 0 Å². The van der Waals surface area contributed by atoms with Gasteiger partial charge in [-0.1, -0.05) is 23.7 Å². The van der Waals surface area contributed by atoms with E-state index < -0.39 is 0 Å². The van der Waals surface area contributed by atoms with Crippen molar-refractivity contribution in [2.75, 3.05) is 13.2 Å². The number of pyridine rings is 1. The Kier molecular flexibility index (Phi) is 4.73. The van der Waals surface area contributed by atoms with Crippen molar-refractivity contribution in [3.63, 3.8) is 0 Å². The predicted molar refractivity (Wildman–Crippen MR) is 92.3 cm³/mol. The van der Waals surface area contributed by atoms with Gasteiger partial charge in [0.15, 0.2) is 0 Å². The average molecular weight is 347 g/mol. The molecule has 3 rings (SSSR count). The summed E-state index contributed by atoms with van der Waals surface area (Å²) in [4.78, 5) is 26.4. The summed E-state index contributed by atoms with van der Waals surface area (Å²) in [5.41, 5.74) is 1.14. The summed E-state index contributed by atoms with van der Waals surface area (Å²) in [5.74, 6) is -0.157. The molecule has 1 aliphatic rings. The molecule has 1 amide bonds. The van der Waals surface area contributed by atoms with E-state index in [2.05, 4.69) is 0 Å². The summed E-state index contributed by atoms with van der Waals surface area (Å²) in [6.07, 6.45) is 1.38. The van der Waals surface area contributed by atoms with Crippen LogP contribution in [0.15, 0.2) is 47.4 Å². The number of carbonyl (C=O) groups is 1. The average Bonchev–Trinajstić information content (AvgIpc) is 2.57. The molecule has 0 N–H and O–H groups in total. The van der Waals surface area contributed by atoms with Crippen LogP contribution in [0.5, 0.6) is 0 Å². The van der Waals surface area contributed by atoms with Gasteiger partial charge in [-0.2, -0.15) is 0 Å². The Morgan fingerprint density at radius 1 is 1.29 bits per heavy atom. The highest BCUT2D eigenvalue weighted by Gasteiger charge is 2.31. The fraction of sp³-hybridized carbons (Fsp3) is 0.333. The van der Waals surface area contributed by atoms with E-state index in [0.717, 1.165) is 5.56 Å². The number of ether oxygens (including phenoxy) is 1. The number of benzene rings is 1. The molecule has 1 saturated heterocycles. The first kappa shape index (κ1) is 16.7. The van der Waals surface area contributed by atoms with Crippen LogP contribution >= 0.6 is 11.6 Å². The standard InChI is InChI=1S/C18H19ClN2O3/c1-12-11-24-16(13-4-3-5-15(19)8-13)10-21(12)18(23)14-6-7-20(2)17(22)9-14/h3-9,12,16H,10-11H2,1-2H3/t12-,16+/m0/s1. The fourth-order valence-corrected chi connectivity index (χ4v) is 2.99. The molecule has 0 spiro atoms. The number of halogens is 1. The van der Waals surface area contributed by atoms with E-state index in [0.29, 0.717) is 23.7 Å².